The minimum absolute atomic E-state index is 0.185. The number of ether oxygens (including phenoxy) is 1. The van der Waals surface area contributed by atoms with Gasteiger partial charge in [0.2, 0.25) is 5.91 Å². The highest BCUT2D eigenvalue weighted by Gasteiger charge is 2.43. The molecular weight excluding hydrogens is 260 g/mol. The minimum atomic E-state index is -1.17. The summed E-state index contributed by atoms with van der Waals surface area (Å²) in [6.07, 6.45) is -0.693. The highest BCUT2D eigenvalue weighted by Crippen LogP contribution is 2.24. The van der Waals surface area contributed by atoms with Crippen molar-refractivity contribution < 1.29 is 19.4 Å². The van der Waals surface area contributed by atoms with Crippen LogP contribution in [-0.2, 0) is 11.3 Å². The zero-order valence-electron chi connectivity index (χ0n) is 11.5. The third-order valence-electron chi connectivity index (χ3n) is 3.56. The van der Waals surface area contributed by atoms with E-state index in [0.717, 1.165) is 11.3 Å². The summed E-state index contributed by atoms with van der Waals surface area (Å²) in [5.74, 6) is 0.578. The van der Waals surface area contributed by atoms with Crippen LogP contribution in [0, 0.1) is 0 Å². The van der Waals surface area contributed by atoms with Gasteiger partial charge in [0.05, 0.1) is 7.11 Å². The number of likely N-dealkylation sites (tertiary alicyclic amines) is 1. The molecule has 2 N–H and O–H groups in total. The molecule has 1 unspecified atom stereocenters. The summed E-state index contributed by atoms with van der Waals surface area (Å²) < 4.78 is 5.08. The molecule has 2 amide bonds. The fourth-order valence-electron chi connectivity index (χ4n) is 2.37. The summed E-state index contributed by atoms with van der Waals surface area (Å²) in [5.41, 5.74) is -0.0306. The molecule has 1 heterocycles. The van der Waals surface area contributed by atoms with Gasteiger partial charge in [-0.15, -0.1) is 0 Å². The van der Waals surface area contributed by atoms with Crippen LogP contribution in [0.25, 0.3) is 0 Å². The zero-order chi connectivity index (χ0) is 14.8. The Balaban J connectivity index is 2.04. The molecule has 6 heteroatoms. The SMILES string of the molecule is COc1ccc(CN2CCC(C)(NC(=O)O)C2=O)cc1. The summed E-state index contributed by atoms with van der Waals surface area (Å²) in [6, 6.07) is 7.47. The predicted molar refractivity (Wildman–Crippen MR) is 72.6 cm³/mol. The molecule has 1 atom stereocenters. The van der Waals surface area contributed by atoms with Crippen molar-refractivity contribution in [3.63, 3.8) is 0 Å². The molecule has 1 aliphatic heterocycles. The Labute approximate surface area is 117 Å². The van der Waals surface area contributed by atoms with Gasteiger partial charge >= 0.3 is 6.09 Å². The van der Waals surface area contributed by atoms with Gasteiger partial charge in [0.1, 0.15) is 11.3 Å². The summed E-state index contributed by atoms with van der Waals surface area (Å²) in [5, 5.41) is 11.1. The van der Waals surface area contributed by atoms with Crippen molar-refractivity contribution >= 4 is 12.0 Å². The number of benzene rings is 1. The van der Waals surface area contributed by atoms with Crippen molar-refractivity contribution in [2.75, 3.05) is 13.7 Å². The number of amides is 2. The van der Waals surface area contributed by atoms with Gasteiger partial charge in [-0.2, -0.15) is 0 Å². The zero-order valence-corrected chi connectivity index (χ0v) is 11.5. The fourth-order valence-corrected chi connectivity index (χ4v) is 2.37. The van der Waals surface area contributed by atoms with E-state index < -0.39 is 11.6 Å². The van der Waals surface area contributed by atoms with Crippen molar-refractivity contribution in [2.45, 2.75) is 25.4 Å². The average molecular weight is 278 g/mol. The first kappa shape index (κ1) is 14.2. The molecule has 108 valence electrons. The molecule has 0 saturated carbocycles. The number of carboxylic acid groups (broad SMARTS) is 1. The maximum absolute atomic E-state index is 12.3. The van der Waals surface area contributed by atoms with Gasteiger partial charge in [-0.3, -0.25) is 4.79 Å². The number of hydrogen-bond donors (Lipinski definition) is 2. The Kier molecular flexibility index (Phi) is 3.83. The molecular formula is C14H18N2O4. The van der Waals surface area contributed by atoms with E-state index in [1.165, 1.54) is 0 Å². The molecule has 20 heavy (non-hydrogen) atoms. The van der Waals surface area contributed by atoms with E-state index in [4.69, 9.17) is 9.84 Å². The number of nitrogens with one attached hydrogen (secondary N) is 1. The molecule has 0 spiro atoms. The summed E-state index contributed by atoms with van der Waals surface area (Å²) in [6.45, 7) is 2.64. The standard InChI is InChI=1S/C14H18N2O4/c1-14(15-13(18)19)7-8-16(12(14)17)9-10-3-5-11(20-2)6-4-10/h3-6,15H,7-9H2,1-2H3,(H,18,19). The number of carbonyl (C=O) groups is 2. The third kappa shape index (κ3) is 2.84. The minimum Gasteiger partial charge on any atom is -0.497 e. The Morgan fingerprint density at radius 1 is 1.45 bits per heavy atom. The lowest BCUT2D eigenvalue weighted by molar-refractivity contribution is -0.133. The molecule has 0 radical (unpaired) electrons. The Bertz CT molecular complexity index is 514. The van der Waals surface area contributed by atoms with Crippen LogP contribution in [0.4, 0.5) is 4.79 Å². The number of rotatable bonds is 4. The first-order valence-electron chi connectivity index (χ1n) is 6.38. The highest BCUT2D eigenvalue weighted by atomic mass is 16.5. The van der Waals surface area contributed by atoms with Crippen LogP contribution in [0.3, 0.4) is 0 Å². The van der Waals surface area contributed by atoms with Gasteiger partial charge in [0.25, 0.3) is 0 Å². The van der Waals surface area contributed by atoms with Crippen molar-refractivity contribution in [2.24, 2.45) is 0 Å². The Morgan fingerprint density at radius 3 is 2.65 bits per heavy atom. The lowest BCUT2D eigenvalue weighted by atomic mass is 10.0. The molecule has 0 aliphatic carbocycles. The van der Waals surface area contributed by atoms with Crippen LogP contribution >= 0.6 is 0 Å². The van der Waals surface area contributed by atoms with Gasteiger partial charge < -0.3 is 20.1 Å². The molecule has 1 fully saturated rings. The van der Waals surface area contributed by atoms with E-state index >= 15 is 0 Å². The summed E-state index contributed by atoms with van der Waals surface area (Å²) in [7, 11) is 1.60. The molecule has 0 bridgehead atoms. The number of hydrogen-bond acceptors (Lipinski definition) is 3. The van der Waals surface area contributed by atoms with Crippen LogP contribution in [0.2, 0.25) is 0 Å². The largest absolute Gasteiger partial charge is 0.497 e. The average Bonchev–Trinajstić information content (AvgIpc) is 2.67. The number of methoxy groups -OCH3 is 1. The van der Waals surface area contributed by atoms with E-state index in [2.05, 4.69) is 5.32 Å². The predicted octanol–water partition coefficient (Wildman–Crippen LogP) is 1.45. The van der Waals surface area contributed by atoms with Crippen molar-refractivity contribution in [1.29, 1.82) is 0 Å². The van der Waals surface area contributed by atoms with Crippen molar-refractivity contribution in [3.05, 3.63) is 29.8 Å². The van der Waals surface area contributed by atoms with E-state index in [1.807, 2.05) is 24.3 Å². The fraction of sp³-hybridized carbons (Fsp3) is 0.429. The monoisotopic (exact) mass is 278 g/mol. The second kappa shape index (κ2) is 5.40. The van der Waals surface area contributed by atoms with E-state index in [9.17, 15) is 9.59 Å². The maximum atomic E-state index is 12.3. The lowest BCUT2D eigenvalue weighted by Crippen LogP contribution is -2.51. The van der Waals surface area contributed by atoms with Gasteiger partial charge in [0, 0.05) is 13.1 Å². The quantitative estimate of drug-likeness (QED) is 0.873. The first-order valence-corrected chi connectivity index (χ1v) is 6.38. The second-order valence-electron chi connectivity index (χ2n) is 5.09. The molecule has 0 aromatic heterocycles. The number of nitrogens with zero attached hydrogens (tertiary/aromatic N) is 1. The molecule has 6 nitrogen and oxygen atoms in total. The molecule has 1 aromatic carbocycles. The Hall–Kier alpha value is -2.24. The normalized spacial score (nSPS) is 21.9. The van der Waals surface area contributed by atoms with Crippen LogP contribution in [0.1, 0.15) is 18.9 Å². The van der Waals surface area contributed by atoms with Gasteiger partial charge in [0.15, 0.2) is 0 Å². The van der Waals surface area contributed by atoms with E-state index in [-0.39, 0.29) is 5.91 Å². The summed E-state index contributed by atoms with van der Waals surface area (Å²) >= 11 is 0. The van der Waals surface area contributed by atoms with Crippen molar-refractivity contribution in [3.8, 4) is 5.75 Å². The second-order valence-corrected chi connectivity index (χ2v) is 5.09. The highest BCUT2D eigenvalue weighted by molar-refractivity contribution is 5.91. The topological polar surface area (TPSA) is 78.9 Å². The van der Waals surface area contributed by atoms with Crippen molar-refractivity contribution in [1.82, 2.24) is 10.2 Å². The van der Waals surface area contributed by atoms with E-state index in [0.29, 0.717) is 19.5 Å². The van der Waals surface area contributed by atoms with Crippen LogP contribution < -0.4 is 10.1 Å². The van der Waals surface area contributed by atoms with Crippen LogP contribution in [0.15, 0.2) is 24.3 Å². The number of carbonyl (C=O) groups excluding carboxylic acids is 1. The summed E-state index contributed by atoms with van der Waals surface area (Å²) in [4.78, 5) is 24.7. The van der Waals surface area contributed by atoms with Crippen LogP contribution in [0.5, 0.6) is 5.75 Å². The lowest BCUT2D eigenvalue weighted by Gasteiger charge is -2.23. The van der Waals surface area contributed by atoms with E-state index in [1.54, 1.807) is 18.9 Å². The van der Waals surface area contributed by atoms with Gasteiger partial charge in [-0.05, 0) is 31.0 Å². The molecule has 1 saturated heterocycles. The molecule has 2 rings (SSSR count). The molecule has 1 aromatic rings. The smallest absolute Gasteiger partial charge is 0.405 e. The molecule has 1 aliphatic rings. The third-order valence-corrected chi connectivity index (χ3v) is 3.56. The van der Waals surface area contributed by atoms with Gasteiger partial charge in [-0.1, -0.05) is 12.1 Å². The van der Waals surface area contributed by atoms with Crippen LogP contribution in [-0.4, -0.2) is 41.2 Å². The maximum Gasteiger partial charge on any atom is 0.405 e. The first-order chi connectivity index (χ1) is 9.44. The van der Waals surface area contributed by atoms with Gasteiger partial charge in [-0.25, -0.2) is 4.79 Å². The Morgan fingerprint density at radius 2 is 2.10 bits per heavy atom.